The molecule has 2 aliphatic rings. The summed E-state index contributed by atoms with van der Waals surface area (Å²) in [5, 5.41) is 13.5. The third-order valence-corrected chi connectivity index (χ3v) is 4.95. The van der Waals surface area contributed by atoms with E-state index in [1.165, 1.54) is 0 Å². The summed E-state index contributed by atoms with van der Waals surface area (Å²) in [6.07, 6.45) is 2.04. The number of aromatic hydroxyl groups is 1. The van der Waals surface area contributed by atoms with E-state index < -0.39 is 0 Å². The first kappa shape index (κ1) is 17.6. The molecule has 0 saturated carbocycles. The zero-order valence-electron chi connectivity index (χ0n) is 14.6. The van der Waals surface area contributed by atoms with Crippen molar-refractivity contribution in [2.24, 2.45) is 0 Å². The van der Waals surface area contributed by atoms with Crippen molar-refractivity contribution in [1.29, 1.82) is 0 Å². The van der Waals surface area contributed by atoms with Crippen LogP contribution < -0.4 is 19.5 Å². The number of hydrogen-bond acceptors (Lipinski definition) is 5. The predicted octanol–water partition coefficient (Wildman–Crippen LogP) is 3.53. The van der Waals surface area contributed by atoms with Gasteiger partial charge in [0.1, 0.15) is 0 Å². The van der Waals surface area contributed by atoms with Gasteiger partial charge in [0.2, 0.25) is 6.79 Å². The molecule has 2 N–H and O–H groups in total. The van der Waals surface area contributed by atoms with E-state index in [0.717, 1.165) is 34.0 Å². The highest BCUT2D eigenvalue weighted by Gasteiger charge is 2.29. The van der Waals surface area contributed by atoms with Crippen LogP contribution in [0, 0.1) is 0 Å². The molecular formula is C20H19ClN2O4. The minimum absolute atomic E-state index is 0. The summed E-state index contributed by atoms with van der Waals surface area (Å²) in [7, 11) is 1.55. The average molecular weight is 387 g/mol. The number of aromatic nitrogens is 1. The number of nitrogens with zero attached hydrogens (tertiary/aromatic N) is 1. The second-order valence-corrected chi connectivity index (χ2v) is 6.36. The van der Waals surface area contributed by atoms with Crippen LogP contribution in [-0.2, 0) is 6.54 Å². The number of nitrogens with one attached hydrogen (secondary N) is 1. The summed E-state index contributed by atoms with van der Waals surface area (Å²) < 4.78 is 18.7. The molecule has 1 unspecified atom stereocenters. The Hall–Kier alpha value is -2.83. The number of phenolic OH excluding ortho intramolecular Hbond substituents is 1. The van der Waals surface area contributed by atoms with Crippen LogP contribution in [0.3, 0.4) is 0 Å². The lowest BCUT2D eigenvalue weighted by Crippen LogP contribution is -2.21. The van der Waals surface area contributed by atoms with Crippen molar-refractivity contribution in [3.63, 3.8) is 0 Å². The first-order valence-electron chi connectivity index (χ1n) is 8.45. The summed E-state index contributed by atoms with van der Waals surface area (Å²) >= 11 is 0. The van der Waals surface area contributed by atoms with E-state index in [2.05, 4.69) is 22.0 Å². The summed E-state index contributed by atoms with van der Waals surface area (Å²) in [6, 6.07) is 13.5. The molecule has 0 aliphatic carbocycles. The standard InChI is InChI=1S/C20H18N2O4.ClH/c1-24-17-9-12(4-6-15(17)23)18-14-3-2-8-22(14)19-13(10-21-18)5-7-16-20(19)26-11-25-16;/h2-9,18,21,23H,10-11H2,1H3;1H. The highest BCUT2D eigenvalue weighted by Crippen LogP contribution is 2.43. The molecule has 0 amide bonds. The first-order chi connectivity index (χ1) is 12.8. The van der Waals surface area contributed by atoms with Gasteiger partial charge in [-0.15, -0.1) is 12.4 Å². The Morgan fingerprint density at radius 1 is 1.19 bits per heavy atom. The van der Waals surface area contributed by atoms with Crippen molar-refractivity contribution < 1.29 is 19.3 Å². The molecule has 1 aromatic heterocycles. The molecule has 0 radical (unpaired) electrons. The molecule has 2 aliphatic heterocycles. The fourth-order valence-electron chi connectivity index (χ4n) is 3.72. The maximum absolute atomic E-state index is 9.91. The minimum atomic E-state index is -0.0510. The van der Waals surface area contributed by atoms with Gasteiger partial charge in [0, 0.05) is 18.4 Å². The van der Waals surface area contributed by atoms with Crippen LogP contribution in [0.25, 0.3) is 5.69 Å². The maximum atomic E-state index is 9.91. The van der Waals surface area contributed by atoms with Crippen molar-refractivity contribution in [2.45, 2.75) is 12.6 Å². The number of fused-ring (bicyclic) bond motifs is 5. The zero-order valence-corrected chi connectivity index (χ0v) is 15.5. The van der Waals surface area contributed by atoms with Crippen LogP contribution >= 0.6 is 12.4 Å². The van der Waals surface area contributed by atoms with Gasteiger partial charge in [0.05, 0.1) is 18.8 Å². The Kier molecular flexibility index (Phi) is 4.37. The Labute approximate surface area is 162 Å². The Bertz CT molecular complexity index is 1000. The molecule has 5 rings (SSSR count). The van der Waals surface area contributed by atoms with Gasteiger partial charge in [-0.2, -0.15) is 0 Å². The molecule has 3 aromatic rings. The molecule has 1 atom stereocenters. The normalized spacial score (nSPS) is 16.7. The highest BCUT2D eigenvalue weighted by atomic mass is 35.5. The molecule has 0 spiro atoms. The number of halogens is 1. The Morgan fingerprint density at radius 3 is 2.93 bits per heavy atom. The lowest BCUT2D eigenvalue weighted by Gasteiger charge is -2.19. The van der Waals surface area contributed by atoms with Crippen LogP contribution in [0.15, 0.2) is 48.7 Å². The van der Waals surface area contributed by atoms with E-state index in [9.17, 15) is 5.11 Å². The predicted molar refractivity (Wildman–Crippen MR) is 102 cm³/mol. The van der Waals surface area contributed by atoms with E-state index in [1.807, 2.05) is 30.5 Å². The number of methoxy groups -OCH3 is 1. The number of rotatable bonds is 2. The second kappa shape index (κ2) is 6.72. The second-order valence-electron chi connectivity index (χ2n) is 6.36. The third kappa shape index (κ3) is 2.69. The lowest BCUT2D eigenvalue weighted by molar-refractivity contribution is 0.173. The molecular weight excluding hydrogens is 368 g/mol. The SMILES string of the molecule is COc1cc(C2NCc3ccc4c(c3-n3cccc32)OCO4)ccc1O.Cl. The minimum Gasteiger partial charge on any atom is -0.504 e. The van der Waals surface area contributed by atoms with Crippen LogP contribution in [0.4, 0.5) is 0 Å². The van der Waals surface area contributed by atoms with Crippen molar-refractivity contribution >= 4 is 12.4 Å². The van der Waals surface area contributed by atoms with Crippen molar-refractivity contribution in [3.05, 3.63) is 65.5 Å². The Morgan fingerprint density at radius 2 is 2.07 bits per heavy atom. The zero-order chi connectivity index (χ0) is 17.7. The lowest BCUT2D eigenvalue weighted by atomic mass is 10.0. The molecule has 3 heterocycles. The molecule has 140 valence electrons. The maximum Gasteiger partial charge on any atom is 0.231 e. The molecule has 6 nitrogen and oxygen atoms in total. The molecule has 7 heteroatoms. The van der Waals surface area contributed by atoms with E-state index in [4.69, 9.17) is 14.2 Å². The summed E-state index contributed by atoms with van der Waals surface area (Å²) in [5.74, 6) is 2.15. The van der Waals surface area contributed by atoms with Gasteiger partial charge < -0.3 is 29.2 Å². The highest BCUT2D eigenvalue weighted by molar-refractivity contribution is 5.85. The molecule has 0 fully saturated rings. The van der Waals surface area contributed by atoms with Crippen molar-refractivity contribution in [1.82, 2.24) is 9.88 Å². The van der Waals surface area contributed by atoms with Crippen molar-refractivity contribution in [2.75, 3.05) is 13.9 Å². The van der Waals surface area contributed by atoms with Gasteiger partial charge in [-0.05, 0) is 41.5 Å². The Balaban J connectivity index is 0.00000180. The average Bonchev–Trinajstić information content (AvgIpc) is 3.30. The summed E-state index contributed by atoms with van der Waals surface area (Å²) in [6.45, 7) is 0.927. The number of hydrogen-bond donors (Lipinski definition) is 2. The summed E-state index contributed by atoms with van der Waals surface area (Å²) in [4.78, 5) is 0. The van der Waals surface area contributed by atoms with E-state index in [-0.39, 0.29) is 31.0 Å². The number of phenols is 1. The molecule has 27 heavy (non-hydrogen) atoms. The van der Waals surface area contributed by atoms with Gasteiger partial charge in [-0.25, -0.2) is 0 Å². The quantitative estimate of drug-likeness (QED) is 0.705. The van der Waals surface area contributed by atoms with Gasteiger partial charge >= 0.3 is 0 Å². The van der Waals surface area contributed by atoms with Crippen LogP contribution in [-0.4, -0.2) is 23.6 Å². The first-order valence-corrected chi connectivity index (χ1v) is 8.45. The van der Waals surface area contributed by atoms with Crippen molar-refractivity contribution in [3.8, 4) is 28.7 Å². The largest absolute Gasteiger partial charge is 0.504 e. The third-order valence-electron chi connectivity index (χ3n) is 4.95. The molecule has 0 saturated heterocycles. The fourth-order valence-corrected chi connectivity index (χ4v) is 3.72. The van der Waals surface area contributed by atoms with E-state index in [1.54, 1.807) is 13.2 Å². The van der Waals surface area contributed by atoms with Crippen LogP contribution in [0.5, 0.6) is 23.0 Å². The summed E-state index contributed by atoms with van der Waals surface area (Å²) in [5.41, 5.74) is 4.25. The smallest absolute Gasteiger partial charge is 0.231 e. The monoisotopic (exact) mass is 386 g/mol. The van der Waals surface area contributed by atoms with Gasteiger partial charge in [-0.1, -0.05) is 12.1 Å². The van der Waals surface area contributed by atoms with Crippen LogP contribution in [0.1, 0.15) is 22.9 Å². The molecule has 2 aromatic carbocycles. The molecule has 0 bridgehead atoms. The van der Waals surface area contributed by atoms with Gasteiger partial charge in [-0.3, -0.25) is 0 Å². The fraction of sp³-hybridized carbons (Fsp3) is 0.200. The van der Waals surface area contributed by atoms with E-state index >= 15 is 0 Å². The van der Waals surface area contributed by atoms with Gasteiger partial charge in [0.15, 0.2) is 23.0 Å². The van der Waals surface area contributed by atoms with Gasteiger partial charge in [0.25, 0.3) is 0 Å². The number of ether oxygens (including phenoxy) is 3. The van der Waals surface area contributed by atoms with Crippen LogP contribution in [0.2, 0.25) is 0 Å². The van der Waals surface area contributed by atoms with E-state index in [0.29, 0.717) is 12.3 Å². The topological polar surface area (TPSA) is 64.9 Å². The number of benzene rings is 2.